The van der Waals surface area contributed by atoms with Crippen molar-refractivity contribution < 1.29 is 32.2 Å². The summed E-state index contributed by atoms with van der Waals surface area (Å²) in [6, 6.07) is 17.4. The number of hydrogen-bond donors (Lipinski definition) is 2. The number of carbonyl (C=O) groups is 2. The molecule has 0 bridgehead atoms. The molecular formula is C28H28ClN3O7S2. The first-order valence-corrected chi connectivity index (χ1v) is 15.0. The van der Waals surface area contributed by atoms with Gasteiger partial charge in [0.05, 0.1) is 24.8 Å². The Morgan fingerprint density at radius 1 is 0.902 bits per heavy atom. The number of nitrogens with zero attached hydrogens (tertiary/aromatic N) is 1. The smallest absolute Gasteiger partial charge is 0.278 e. The van der Waals surface area contributed by atoms with Crippen molar-refractivity contribution in [2.75, 3.05) is 44.5 Å². The van der Waals surface area contributed by atoms with Crippen LogP contribution in [-0.2, 0) is 24.3 Å². The molecule has 0 unspecified atom stereocenters. The third-order valence-corrected chi connectivity index (χ3v) is 8.71. The molecule has 0 radical (unpaired) electrons. The molecule has 2 amide bonds. The lowest BCUT2D eigenvalue weighted by molar-refractivity contribution is -0.137. The maximum absolute atomic E-state index is 13.4. The number of nitrogens with one attached hydrogen (secondary N) is 2. The van der Waals surface area contributed by atoms with Crippen molar-refractivity contribution in [3.05, 3.63) is 82.4 Å². The number of rotatable bonds is 13. The van der Waals surface area contributed by atoms with Crippen LogP contribution in [0.25, 0.3) is 0 Å². The van der Waals surface area contributed by atoms with E-state index in [9.17, 15) is 18.0 Å². The SMILES string of the molecule is COCCCN1C(=O)C(Nc2ccc(OC)cc2OC)=C(Sc2ccc(NS(=O)(=O)c3ccc(Cl)cc3)cc2)C1=O. The van der Waals surface area contributed by atoms with Crippen LogP contribution in [0.4, 0.5) is 11.4 Å². The van der Waals surface area contributed by atoms with E-state index in [4.69, 9.17) is 25.8 Å². The Labute approximate surface area is 247 Å². The first-order valence-electron chi connectivity index (χ1n) is 12.3. The van der Waals surface area contributed by atoms with Crippen LogP contribution < -0.4 is 19.5 Å². The molecule has 3 aromatic carbocycles. The topological polar surface area (TPSA) is 123 Å². The molecule has 216 valence electrons. The maximum atomic E-state index is 13.4. The lowest BCUT2D eigenvalue weighted by Crippen LogP contribution is -2.33. The fraction of sp³-hybridized carbons (Fsp3) is 0.214. The molecule has 0 saturated heterocycles. The number of benzene rings is 3. The second-order valence-electron chi connectivity index (χ2n) is 8.69. The molecule has 0 fully saturated rings. The molecule has 0 saturated carbocycles. The predicted octanol–water partition coefficient (Wildman–Crippen LogP) is 4.98. The van der Waals surface area contributed by atoms with Crippen molar-refractivity contribution >= 4 is 56.6 Å². The van der Waals surface area contributed by atoms with Gasteiger partial charge in [0.1, 0.15) is 22.1 Å². The molecule has 10 nitrogen and oxygen atoms in total. The van der Waals surface area contributed by atoms with E-state index >= 15 is 0 Å². The zero-order valence-corrected chi connectivity index (χ0v) is 24.9. The number of methoxy groups -OCH3 is 3. The van der Waals surface area contributed by atoms with Crippen molar-refractivity contribution in [3.8, 4) is 11.5 Å². The van der Waals surface area contributed by atoms with Gasteiger partial charge in [-0.15, -0.1) is 0 Å². The van der Waals surface area contributed by atoms with E-state index in [0.29, 0.717) is 45.8 Å². The van der Waals surface area contributed by atoms with Gasteiger partial charge in [0.2, 0.25) is 0 Å². The largest absolute Gasteiger partial charge is 0.497 e. The van der Waals surface area contributed by atoms with Gasteiger partial charge in [0.25, 0.3) is 21.8 Å². The van der Waals surface area contributed by atoms with Gasteiger partial charge < -0.3 is 19.5 Å². The fourth-order valence-electron chi connectivity index (χ4n) is 3.90. The highest BCUT2D eigenvalue weighted by atomic mass is 35.5. The van der Waals surface area contributed by atoms with E-state index < -0.39 is 21.8 Å². The minimum atomic E-state index is -3.83. The minimum absolute atomic E-state index is 0.0683. The van der Waals surface area contributed by atoms with Gasteiger partial charge in [-0.1, -0.05) is 23.4 Å². The Kier molecular flexibility index (Phi) is 9.81. The molecule has 2 N–H and O–H groups in total. The highest BCUT2D eigenvalue weighted by Gasteiger charge is 2.39. The molecule has 0 aliphatic carbocycles. The summed E-state index contributed by atoms with van der Waals surface area (Å²) in [4.78, 5) is 28.8. The van der Waals surface area contributed by atoms with Crippen molar-refractivity contribution in [1.82, 2.24) is 4.90 Å². The minimum Gasteiger partial charge on any atom is -0.497 e. The quantitative estimate of drug-likeness (QED) is 0.202. The summed E-state index contributed by atoms with van der Waals surface area (Å²) in [5.41, 5.74) is 0.913. The Bertz CT molecular complexity index is 1560. The molecule has 4 rings (SSSR count). The summed E-state index contributed by atoms with van der Waals surface area (Å²) < 4.78 is 43.7. The average Bonchev–Trinajstić information content (AvgIpc) is 3.18. The number of thioether (sulfide) groups is 1. The fourth-order valence-corrected chi connectivity index (χ4v) is 6.03. The second kappa shape index (κ2) is 13.3. The van der Waals surface area contributed by atoms with Gasteiger partial charge in [-0.2, -0.15) is 0 Å². The van der Waals surface area contributed by atoms with Gasteiger partial charge in [0.15, 0.2) is 0 Å². The summed E-state index contributed by atoms with van der Waals surface area (Å²) in [7, 11) is 0.748. The summed E-state index contributed by atoms with van der Waals surface area (Å²) >= 11 is 6.96. The lowest BCUT2D eigenvalue weighted by Gasteiger charge is -2.15. The number of anilines is 2. The normalized spacial score (nSPS) is 13.5. The first-order chi connectivity index (χ1) is 19.7. The van der Waals surface area contributed by atoms with E-state index in [2.05, 4.69) is 10.0 Å². The number of halogens is 1. The van der Waals surface area contributed by atoms with Gasteiger partial charge in [-0.3, -0.25) is 19.2 Å². The van der Waals surface area contributed by atoms with Crippen LogP contribution in [0, 0.1) is 0 Å². The van der Waals surface area contributed by atoms with E-state index in [0.717, 1.165) is 11.8 Å². The highest BCUT2D eigenvalue weighted by molar-refractivity contribution is 8.04. The molecule has 1 heterocycles. The molecule has 41 heavy (non-hydrogen) atoms. The van der Waals surface area contributed by atoms with Crippen LogP contribution in [-0.4, -0.2) is 59.6 Å². The van der Waals surface area contributed by atoms with Crippen molar-refractivity contribution in [2.24, 2.45) is 0 Å². The Hall–Kier alpha value is -3.71. The zero-order valence-electron chi connectivity index (χ0n) is 22.5. The highest BCUT2D eigenvalue weighted by Crippen LogP contribution is 2.38. The Morgan fingerprint density at radius 3 is 2.24 bits per heavy atom. The van der Waals surface area contributed by atoms with Gasteiger partial charge in [-0.25, -0.2) is 8.42 Å². The number of imide groups is 1. The number of amides is 2. The first kappa shape index (κ1) is 30.3. The molecule has 0 atom stereocenters. The van der Waals surface area contributed by atoms with Crippen molar-refractivity contribution in [1.29, 1.82) is 0 Å². The van der Waals surface area contributed by atoms with E-state index in [-0.39, 0.29) is 22.0 Å². The molecular weight excluding hydrogens is 590 g/mol. The molecule has 0 spiro atoms. The standard InChI is InChI=1S/C28H28ClN3O7S2/c1-37-16-4-15-32-27(33)25(30-23-14-9-20(38-2)17-24(23)39-3)26(28(32)34)40-21-10-7-19(8-11-21)31-41(35,36)22-12-5-18(29)6-13-22/h5-14,17,30-31H,4,15-16H2,1-3H3. The number of ether oxygens (including phenoxy) is 3. The number of hydrogen-bond acceptors (Lipinski definition) is 9. The molecule has 3 aromatic rings. The third kappa shape index (κ3) is 7.14. The van der Waals surface area contributed by atoms with E-state index in [1.807, 2.05) is 0 Å². The summed E-state index contributed by atoms with van der Waals surface area (Å²) in [5.74, 6) is 0.0757. The van der Waals surface area contributed by atoms with Gasteiger partial charge >= 0.3 is 0 Å². The Morgan fingerprint density at radius 2 is 1.61 bits per heavy atom. The van der Waals surface area contributed by atoms with Crippen molar-refractivity contribution in [3.63, 3.8) is 0 Å². The molecule has 13 heteroatoms. The van der Waals surface area contributed by atoms with Crippen LogP contribution in [0.1, 0.15) is 6.42 Å². The lowest BCUT2D eigenvalue weighted by atomic mass is 10.2. The molecule has 0 aromatic heterocycles. The number of carbonyl (C=O) groups excluding carboxylic acids is 2. The monoisotopic (exact) mass is 617 g/mol. The maximum Gasteiger partial charge on any atom is 0.278 e. The van der Waals surface area contributed by atoms with Gasteiger partial charge in [-0.05, 0) is 67.1 Å². The van der Waals surface area contributed by atoms with Crippen LogP contribution in [0.5, 0.6) is 11.5 Å². The predicted molar refractivity (Wildman–Crippen MR) is 158 cm³/mol. The van der Waals surface area contributed by atoms with E-state index in [1.54, 1.807) is 49.6 Å². The summed E-state index contributed by atoms with van der Waals surface area (Å²) in [6.07, 6.45) is 0.480. The van der Waals surface area contributed by atoms with Crippen LogP contribution in [0.3, 0.4) is 0 Å². The van der Waals surface area contributed by atoms with Crippen LogP contribution >= 0.6 is 23.4 Å². The van der Waals surface area contributed by atoms with Crippen LogP contribution in [0.15, 0.2) is 87.1 Å². The third-order valence-electron chi connectivity index (χ3n) is 5.97. The van der Waals surface area contributed by atoms with Crippen molar-refractivity contribution in [2.45, 2.75) is 16.2 Å². The summed E-state index contributed by atoms with van der Waals surface area (Å²) in [5, 5.41) is 3.51. The molecule has 1 aliphatic rings. The number of sulfonamides is 1. The second-order valence-corrected chi connectivity index (χ2v) is 11.9. The Balaban J connectivity index is 1.59. The molecule has 1 aliphatic heterocycles. The van der Waals surface area contributed by atoms with E-state index in [1.165, 1.54) is 43.4 Å². The average molecular weight is 618 g/mol. The zero-order chi connectivity index (χ0) is 29.6. The van der Waals surface area contributed by atoms with Gasteiger partial charge in [0, 0.05) is 41.9 Å². The summed E-state index contributed by atoms with van der Waals surface area (Å²) in [6.45, 7) is 0.577. The van der Waals surface area contributed by atoms with Crippen LogP contribution in [0.2, 0.25) is 5.02 Å².